The SMILES string of the molecule is C1=Cc2c(oc3c2ccc2c3oc3cccc(C4NC(c5ccccc5)NC(c5cccc(-n6c7ccccc7c7ccccc76)c5)N4)c32)CC1. The smallest absolute Gasteiger partial charge is 0.178 e. The minimum absolute atomic E-state index is 0.108. The van der Waals surface area contributed by atoms with E-state index in [2.05, 4.69) is 166 Å². The normalized spacial score (nSPS) is 19.1. The number of hydrogen-bond donors (Lipinski definition) is 3. The first kappa shape index (κ1) is 28.9. The number of para-hydroxylation sites is 2. The zero-order valence-electron chi connectivity index (χ0n) is 27.8. The largest absolute Gasteiger partial charge is 0.456 e. The van der Waals surface area contributed by atoms with Crippen LogP contribution in [-0.4, -0.2) is 4.57 Å². The lowest BCUT2D eigenvalue weighted by Crippen LogP contribution is -2.54. The molecule has 3 unspecified atom stereocenters. The Kier molecular flexibility index (Phi) is 6.40. The second-order valence-electron chi connectivity index (χ2n) is 13.7. The lowest BCUT2D eigenvalue weighted by atomic mass is 9.99. The van der Waals surface area contributed by atoms with Crippen molar-refractivity contribution >= 4 is 60.8 Å². The van der Waals surface area contributed by atoms with E-state index >= 15 is 0 Å². The Labute approximate surface area is 294 Å². The fourth-order valence-corrected chi connectivity index (χ4v) is 8.46. The monoisotopic (exact) mass is 662 g/mol. The van der Waals surface area contributed by atoms with Crippen molar-refractivity contribution in [3.05, 3.63) is 168 Å². The number of furan rings is 2. The summed E-state index contributed by atoms with van der Waals surface area (Å²) in [6.45, 7) is 0. The third-order valence-corrected chi connectivity index (χ3v) is 10.8. The Morgan fingerprint density at radius 1 is 0.549 bits per heavy atom. The van der Waals surface area contributed by atoms with Crippen molar-refractivity contribution in [1.29, 1.82) is 0 Å². The highest BCUT2D eigenvalue weighted by atomic mass is 16.4. The zero-order chi connectivity index (χ0) is 33.5. The first-order valence-electron chi connectivity index (χ1n) is 17.8. The summed E-state index contributed by atoms with van der Waals surface area (Å²) in [6.07, 6.45) is 5.88. The van der Waals surface area contributed by atoms with E-state index in [0.717, 1.165) is 68.3 Å². The van der Waals surface area contributed by atoms with Crippen molar-refractivity contribution < 1.29 is 8.83 Å². The molecule has 1 fully saturated rings. The maximum absolute atomic E-state index is 6.63. The van der Waals surface area contributed by atoms with Gasteiger partial charge < -0.3 is 13.4 Å². The van der Waals surface area contributed by atoms with Gasteiger partial charge in [0.15, 0.2) is 11.2 Å². The molecule has 4 heterocycles. The van der Waals surface area contributed by atoms with Gasteiger partial charge in [0.1, 0.15) is 11.3 Å². The molecule has 0 bridgehead atoms. The van der Waals surface area contributed by atoms with Gasteiger partial charge in [0.25, 0.3) is 0 Å². The van der Waals surface area contributed by atoms with E-state index in [1.807, 2.05) is 0 Å². The lowest BCUT2D eigenvalue weighted by Gasteiger charge is -2.40. The second-order valence-corrected chi connectivity index (χ2v) is 13.7. The molecule has 0 radical (unpaired) electrons. The number of nitrogens with zero attached hydrogens (tertiary/aromatic N) is 1. The fourth-order valence-electron chi connectivity index (χ4n) is 8.46. The molecule has 2 aliphatic rings. The van der Waals surface area contributed by atoms with Crippen LogP contribution in [0.15, 0.2) is 148 Å². The average Bonchev–Trinajstić information content (AvgIpc) is 3.88. The molecule has 246 valence electrons. The van der Waals surface area contributed by atoms with Gasteiger partial charge >= 0.3 is 0 Å². The molecule has 9 aromatic rings. The minimum Gasteiger partial charge on any atom is -0.456 e. The highest BCUT2D eigenvalue weighted by Gasteiger charge is 2.32. The molecule has 6 aromatic carbocycles. The minimum atomic E-state index is -0.189. The molecule has 6 nitrogen and oxygen atoms in total. The highest BCUT2D eigenvalue weighted by Crippen LogP contribution is 2.42. The molecule has 0 spiro atoms. The average molecular weight is 663 g/mol. The van der Waals surface area contributed by atoms with Crippen LogP contribution in [0.5, 0.6) is 0 Å². The number of allylic oxidation sites excluding steroid dienone is 1. The molecular formula is C45H34N4O2. The van der Waals surface area contributed by atoms with Gasteiger partial charge in [-0.2, -0.15) is 0 Å². The summed E-state index contributed by atoms with van der Waals surface area (Å²) >= 11 is 0. The number of aromatic nitrogens is 1. The number of aryl methyl sites for hydroxylation is 1. The van der Waals surface area contributed by atoms with Crippen LogP contribution in [0.25, 0.3) is 66.5 Å². The van der Waals surface area contributed by atoms with E-state index in [0.29, 0.717) is 0 Å². The van der Waals surface area contributed by atoms with E-state index < -0.39 is 0 Å². The molecule has 51 heavy (non-hydrogen) atoms. The Bertz CT molecular complexity index is 2770. The van der Waals surface area contributed by atoms with Crippen LogP contribution >= 0.6 is 0 Å². The van der Waals surface area contributed by atoms with E-state index in [-0.39, 0.29) is 18.5 Å². The van der Waals surface area contributed by atoms with E-state index in [4.69, 9.17) is 8.83 Å². The van der Waals surface area contributed by atoms with Crippen LogP contribution in [0.3, 0.4) is 0 Å². The van der Waals surface area contributed by atoms with Crippen LogP contribution in [0, 0.1) is 0 Å². The van der Waals surface area contributed by atoms with Gasteiger partial charge in [-0.15, -0.1) is 0 Å². The van der Waals surface area contributed by atoms with E-state index in [9.17, 15) is 0 Å². The molecule has 1 aliphatic heterocycles. The van der Waals surface area contributed by atoms with Crippen LogP contribution in [0.1, 0.15) is 52.9 Å². The van der Waals surface area contributed by atoms with Crippen LogP contribution in [0.4, 0.5) is 0 Å². The van der Waals surface area contributed by atoms with Crippen molar-refractivity contribution in [1.82, 2.24) is 20.5 Å². The summed E-state index contributed by atoms with van der Waals surface area (Å²) < 4.78 is 15.5. The topological polar surface area (TPSA) is 67.3 Å². The van der Waals surface area contributed by atoms with Gasteiger partial charge in [0.05, 0.1) is 29.5 Å². The van der Waals surface area contributed by atoms with Gasteiger partial charge in [-0.05, 0) is 65.6 Å². The molecule has 3 atom stereocenters. The van der Waals surface area contributed by atoms with Gasteiger partial charge in [0.2, 0.25) is 0 Å². The third-order valence-electron chi connectivity index (χ3n) is 10.8. The molecule has 6 heteroatoms. The first-order valence-corrected chi connectivity index (χ1v) is 17.8. The van der Waals surface area contributed by atoms with Gasteiger partial charge in [-0.25, -0.2) is 0 Å². The van der Waals surface area contributed by atoms with Gasteiger partial charge in [-0.3, -0.25) is 16.0 Å². The molecule has 1 saturated heterocycles. The Morgan fingerprint density at radius 2 is 1.22 bits per heavy atom. The zero-order valence-corrected chi connectivity index (χ0v) is 27.8. The summed E-state index contributed by atoms with van der Waals surface area (Å²) in [5.74, 6) is 1.04. The fraction of sp³-hybridized carbons (Fsp3) is 0.111. The second kappa shape index (κ2) is 11.3. The third kappa shape index (κ3) is 4.47. The van der Waals surface area contributed by atoms with Crippen molar-refractivity contribution in [3.8, 4) is 5.69 Å². The van der Waals surface area contributed by atoms with E-state index in [1.54, 1.807) is 0 Å². The predicted octanol–water partition coefficient (Wildman–Crippen LogP) is 10.6. The Balaban J connectivity index is 1.05. The van der Waals surface area contributed by atoms with Crippen molar-refractivity contribution in [2.24, 2.45) is 0 Å². The lowest BCUT2D eigenvalue weighted by molar-refractivity contribution is 0.204. The summed E-state index contributed by atoms with van der Waals surface area (Å²) in [4.78, 5) is 0. The predicted molar refractivity (Wildman–Crippen MR) is 206 cm³/mol. The summed E-state index contributed by atoms with van der Waals surface area (Å²) in [7, 11) is 0. The maximum Gasteiger partial charge on any atom is 0.178 e. The van der Waals surface area contributed by atoms with Crippen molar-refractivity contribution in [2.75, 3.05) is 0 Å². The number of fused-ring (bicyclic) bond motifs is 10. The highest BCUT2D eigenvalue weighted by molar-refractivity contribution is 6.16. The maximum atomic E-state index is 6.63. The standard InChI is InChI=1S/C45H34N4O2/c1-2-12-27(13-3-1)43-46-44(28-14-10-15-29(26-28)49-36-20-7-4-16-30(36)31-17-5-8-21-37(31)49)48-45(47-43)35-19-11-23-39-40(35)34-25-24-33-32-18-6-9-22-38(32)50-41(33)42(34)51-39/h1-8,10-21,23-26,43-48H,9,22H2. The van der Waals surface area contributed by atoms with Crippen LogP contribution < -0.4 is 16.0 Å². The number of benzene rings is 6. The molecule has 11 rings (SSSR count). The molecule has 3 aromatic heterocycles. The Morgan fingerprint density at radius 3 is 2.04 bits per heavy atom. The summed E-state index contributed by atoms with van der Waals surface area (Å²) in [6, 6.07) is 47.6. The summed E-state index contributed by atoms with van der Waals surface area (Å²) in [5, 5.41) is 17.5. The van der Waals surface area contributed by atoms with Crippen LogP contribution in [-0.2, 0) is 6.42 Å². The van der Waals surface area contributed by atoms with Gasteiger partial charge in [0, 0.05) is 44.6 Å². The quantitative estimate of drug-likeness (QED) is 0.175. The van der Waals surface area contributed by atoms with E-state index in [1.165, 1.54) is 32.9 Å². The Hall–Kier alpha value is -5.92. The molecule has 0 saturated carbocycles. The number of hydrogen-bond acceptors (Lipinski definition) is 5. The molecule has 1 aliphatic carbocycles. The summed E-state index contributed by atoms with van der Waals surface area (Å²) in [5.41, 5.74) is 10.7. The molecular weight excluding hydrogens is 629 g/mol. The van der Waals surface area contributed by atoms with Crippen molar-refractivity contribution in [2.45, 2.75) is 31.3 Å². The molecule has 0 amide bonds. The molecule has 3 N–H and O–H groups in total. The van der Waals surface area contributed by atoms with Crippen LogP contribution in [0.2, 0.25) is 0 Å². The van der Waals surface area contributed by atoms with Crippen molar-refractivity contribution in [3.63, 3.8) is 0 Å². The van der Waals surface area contributed by atoms with Gasteiger partial charge in [-0.1, -0.05) is 103 Å². The number of rotatable bonds is 4. The first-order chi connectivity index (χ1) is 25.3. The number of nitrogens with one attached hydrogen (secondary N) is 3.